The van der Waals surface area contributed by atoms with E-state index in [0.717, 1.165) is 19.7 Å². The molecular formula is C13H27NO. The maximum Gasteiger partial charge on any atom is 0.0576 e. The van der Waals surface area contributed by atoms with Gasteiger partial charge in [-0.25, -0.2) is 0 Å². The van der Waals surface area contributed by atoms with E-state index in [2.05, 4.69) is 26.1 Å². The predicted octanol–water partition coefficient (Wildman–Crippen LogP) is 2.97. The van der Waals surface area contributed by atoms with Crippen molar-refractivity contribution < 1.29 is 4.74 Å². The fourth-order valence-corrected chi connectivity index (χ4v) is 2.15. The van der Waals surface area contributed by atoms with Gasteiger partial charge in [0.15, 0.2) is 0 Å². The van der Waals surface area contributed by atoms with Crippen LogP contribution in [0, 0.1) is 5.41 Å². The van der Waals surface area contributed by atoms with Crippen LogP contribution in [0.25, 0.3) is 0 Å². The Hall–Kier alpha value is -0.0800. The normalized spacial score (nSPS) is 22.2. The van der Waals surface area contributed by atoms with Gasteiger partial charge >= 0.3 is 0 Å². The first-order valence-corrected chi connectivity index (χ1v) is 6.46. The highest BCUT2D eigenvalue weighted by Gasteiger charge is 2.22. The summed E-state index contributed by atoms with van der Waals surface area (Å²) in [5.74, 6) is 0. The van der Waals surface area contributed by atoms with Crippen molar-refractivity contribution in [1.82, 2.24) is 5.32 Å². The molecule has 0 spiro atoms. The second-order valence-corrected chi connectivity index (χ2v) is 5.44. The van der Waals surface area contributed by atoms with Gasteiger partial charge in [0, 0.05) is 6.61 Å². The maximum absolute atomic E-state index is 5.66. The van der Waals surface area contributed by atoms with Crippen LogP contribution in [0.3, 0.4) is 0 Å². The minimum atomic E-state index is 0.466. The number of hydrogen-bond acceptors (Lipinski definition) is 2. The molecule has 90 valence electrons. The first-order chi connectivity index (χ1) is 7.14. The number of ether oxygens (including phenoxy) is 1. The van der Waals surface area contributed by atoms with E-state index in [1.807, 2.05) is 0 Å². The van der Waals surface area contributed by atoms with Gasteiger partial charge in [0.2, 0.25) is 0 Å². The van der Waals surface area contributed by atoms with E-state index in [0.29, 0.717) is 11.5 Å². The molecule has 0 aromatic carbocycles. The van der Waals surface area contributed by atoms with Gasteiger partial charge in [0.1, 0.15) is 0 Å². The fraction of sp³-hybridized carbons (Fsp3) is 1.00. The number of hydrogen-bond donors (Lipinski definition) is 1. The highest BCUT2D eigenvalue weighted by atomic mass is 16.5. The molecule has 2 heteroatoms. The Bertz CT molecular complexity index is 162. The molecule has 0 saturated carbocycles. The van der Waals surface area contributed by atoms with Crippen LogP contribution < -0.4 is 5.32 Å². The second-order valence-electron chi connectivity index (χ2n) is 5.44. The first kappa shape index (κ1) is 13.0. The summed E-state index contributed by atoms with van der Waals surface area (Å²) in [5, 5.41) is 3.40. The molecule has 1 aliphatic rings. The summed E-state index contributed by atoms with van der Waals surface area (Å²) >= 11 is 0. The fourth-order valence-electron chi connectivity index (χ4n) is 2.15. The van der Waals surface area contributed by atoms with Crippen LogP contribution in [0.2, 0.25) is 0 Å². The summed E-state index contributed by atoms with van der Waals surface area (Å²) in [6.07, 6.45) is 6.92. The molecule has 0 aromatic rings. The average molecular weight is 213 g/mol. The molecule has 1 saturated heterocycles. The zero-order valence-corrected chi connectivity index (χ0v) is 10.6. The Labute approximate surface area is 94.8 Å². The number of nitrogens with one attached hydrogen (secondary N) is 1. The van der Waals surface area contributed by atoms with Crippen LogP contribution in [-0.4, -0.2) is 25.8 Å². The SMILES string of the molecule is CCNCCC(C)(C)CCC1CCCO1. The van der Waals surface area contributed by atoms with Gasteiger partial charge in [-0.1, -0.05) is 20.8 Å². The molecule has 1 fully saturated rings. The molecule has 1 atom stereocenters. The minimum absolute atomic E-state index is 0.466. The largest absolute Gasteiger partial charge is 0.378 e. The zero-order valence-electron chi connectivity index (χ0n) is 10.6. The van der Waals surface area contributed by atoms with Crippen molar-refractivity contribution in [3.8, 4) is 0 Å². The molecule has 1 aliphatic heterocycles. The summed E-state index contributed by atoms with van der Waals surface area (Å²) in [4.78, 5) is 0. The smallest absolute Gasteiger partial charge is 0.0576 e. The quantitative estimate of drug-likeness (QED) is 0.656. The van der Waals surface area contributed by atoms with Gasteiger partial charge in [-0.15, -0.1) is 0 Å². The van der Waals surface area contributed by atoms with E-state index in [9.17, 15) is 0 Å². The van der Waals surface area contributed by atoms with Gasteiger partial charge in [0.25, 0.3) is 0 Å². The second kappa shape index (κ2) is 6.49. The maximum atomic E-state index is 5.66. The Balaban J connectivity index is 2.10. The molecule has 1 N–H and O–H groups in total. The monoisotopic (exact) mass is 213 g/mol. The van der Waals surface area contributed by atoms with Crippen molar-refractivity contribution in [3.05, 3.63) is 0 Å². The number of rotatable bonds is 7. The third kappa shape index (κ3) is 5.53. The van der Waals surface area contributed by atoms with E-state index >= 15 is 0 Å². The highest BCUT2D eigenvalue weighted by Crippen LogP contribution is 2.29. The highest BCUT2D eigenvalue weighted by molar-refractivity contribution is 4.74. The Morgan fingerprint density at radius 1 is 1.33 bits per heavy atom. The zero-order chi connectivity index (χ0) is 11.1. The lowest BCUT2D eigenvalue weighted by Crippen LogP contribution is -2.23. The summed E-state index contributed by atoms with van der Waals surface area (Å²) in [6.45, 7) is 10.1. The van der Waals surface area contributed by atoms with Crippen molar-refractivity contribution >= 4 is 0 Å². The molecule has 0 amide bonds. The summed E-state index contributed by atoms with van der Waals surface area (Å²) < 4.78 is 5.66. The van der Waals surface area contributed by atoms with Crippen molar-refractivity contribution in [2.24, 2.45) is 5.41 Å². The standard InChI is InChI=1S/C13H27NO/c1-4-14-10-9-13(2,3)8-7-12-6-5-11-15-12/h12,14H,4-11H2,1-3H3. The van der Waals surface area contributed by atoms with Crippen LogP contribution >= 0.6 is 0 Å². The van der Waals surface area contributed by atoms with Gasteiger partial charge in [0.05, 0.1) is 6.10 Å². The van der Waals surface area contributed by atoms with Crippen LogP contribution in [0.15, 0.2) is 0 Å². The lowest BCUT2D eigenvalue weighted by molar-refractivity contribution is 0.0905. The minimum Gasteiger partial charge on any atom is -0.378 e. The lowest BCUT2D eigenvalue weighted by Gasteiger charge is -2.26. The average Bonchev–Trinajstić information content (AvgIpc) is 2.68. The molecule has 0 radical (unpaired) electrons. The predicted molar refractivity (Wildman–Crippen MR) is 65.1 cm³/mol. The molecule has 1 unspecified atom stereocenters. The van der Waals surface area contributed by atoms with Crippen molar-refractivity contribution in [2.45, 2.75) is 59.0 Å². The van der Waals surface area contributed by atoms with E-state index in [-0.39, 0.29) is 0 Å². The molecule has 2 nitrogen and oxygen atoms in total. The molecule has 0 bridgehead atoms. The van der Waals surface area contributed by atoms with Gasteiger partial charge in [-0.05, 0) is 50.6 Å². The lowest BCUT2D eigenvalue weighted by atomic mass is 9.83. The third-order valence-electron chi connectivity index (χ3n) is 3.40. The van der Waals surface area contributed by atoms with E-state index in [4.69, 9.17) is 4.74 Å². The van der Waals surface area contributed by atoms with Crippen LogP contribution in [0.5, 0.6) is 0 Å². The van der Waals surface area contributed by atoms with E-state index in [1.165, 1.54) is 32.1 Å². The van der Waals surface area contributed by atoms with Crippen molar-refractivity contribution in [3.63, 3.8) is 0 Å². The Morgan fingerprint density at radius 2 is 2.13 bits per heavy atom. The van der Waals surface area contributed by atoms with E-state index < -0.39 is 0 Å². The summed E-state index contributed by atoms with van der Waals surface area (Å²) in [5.41, 5.74) is 0.466. The molecule has 1 rings (SSSR count). The van der Waals surface area contributed by atoms with Crippen molar-refractivity contribution in [1.29, 1.82) is 0 Å². The molecule has 0 aliphatic carbocycles. The van der Waals surface area contributed by atoms with Crippen LogP contribution in [-0.2, 0) is 4.74 Å². The Kier molecular flexibility index (Phi) is 5.62. The topological polar surface area (TPSA) is 21.3 Å². The molecule has 1 heterocycles. The van der Waals surface area contributed by atoms with Gasteiger partial charge in [-0.3, -0.25) is 0 Å². The van der Waals surface area contributed by atoms with Crippen molar-refractivity contribution in [2.75, 3.05) is 19.7 Å². The summed E-state index contributed by atoms with van der Waals surface area (Å²) in [6, 6.07) is 0. The Morgan fingerprint density at radius 3 is 2.73 bits per heavy atom. The van der Waals surface area contributed by atoms with Gasteiger partial charge < -0.3 is 10.1 Å². The third-order valence-corrected chi connectivity index (χ3v) is 3.40. The van der Waals surface area contributed by atoms with Crippen LogP contribution in [0.4, 0.5) is 0 Å². The van der Waals surface area contributed by atoms with Crippen LogP contribution in [0.1, 0.15) is 52.9 Å². The van der Waals surface area contributed by atoms with E-state index in [1.54, 1.807) is 0 Å². The molecular weight excluding hydrogens is 186 g/mol. The summed E-state index contributed by atoms with van der Waals surface area (Å²) in [7, 11) is 0. The molecule has 15 heavy (non-hydrogen) atoms. The molecule has 0 aromatic heterocycles. The first-order valence-electron chi connectivity index (χ1n) is 6.46. The van der Waals surface area contributed by atoms with Gasteiger partial charge in [-0.2, -0.15) is 0 Å².